The molecule has 14 heteroatoms. The fourth-order valence-corrected chi connectivity index (χ4v) is 5.98. The van der Waals surface area contributed by atoms with Gasteiger partial charge in [-0.15, -0.1) is 5.10 Å². The van der Waals surface area contributed by atoms with Crippen LogP contribution in [0.5, 0.6) is 0 Å². The minimum absolute atomic E-state index is 0.0587. The lowest BCUT2D eigenvalue weighted by Crippen LogP contribution is -2.40. The van der Waals surface area contributed by atoms with Gasteiger partial charge in [-0.25, -0.2) is 9.67 Å². The summed E-state index contributed by atoms with van der Waals surface area (Å²) < 4.78 is 46.9. The first-order chi connectivity index (χ1) is 22.4. The molecule has 3 heterocycles. The molecule has 2 bridgehead atoms. The lowest BCUT2D eigenvalue weighted by molar-refractivity contribution is -0.141. The van der Waals surface area contributed by atoms with E-state index in [1.165, 1.54) is 42.3 Å². The molecule has 47 heavy (non-hydrogen) atoms. The van der Waals surface area contributed by atoms with Crippen LogP contribution in [0.4, 0.5) is 13.2 Å². The highest BCUT2D eigenvalue weighted by Crippen LogP contribution is 2.32. The van der Waals surface area contributed by atoms with Crippen LogP contribution in [0.15, 0.2) is 65.8 Å². The Hall–Kier alpha value is -4.52. The number of nitrogens with one attached hydrogen (secondary N) is 1. The third-order valence-corrected chi connectivity index (χ3v) is 8.56. The van der Waals surface area contributed by atoms with Gasteiger partial charge in [-0.3, -0.25) is 19.0 Å². The van der Waals surface area contributed by atoms with Crippen molar-refractivity contribution in [1.82, 2.24) is 29.9 Å². The molecule has 4 aromatic rings. The van der Waals surface area contributed by atoms with E-state index >= 15 is 0 Å². The Kier molecular flexibility index (Phi) is 10.4. The number of hydrogen-bond acceptors (Lipinski definition) is 7. The second-order valence-corrected chi connectivity index (χ2v) is 12.1. The molecule has 1 aliphatic rings. The van der Waals surface area contributed by atoms with Gasteiger partial charge in [0, 0.05) is 35.0 Å². The third-order valence-electron chi connectivity index (χ3n) is 8.32. The smallest absolute Gasteiger partial charge is 0.436 e. The molecule has 1 N–H and O–H groups in total. The van der Waals surface area contributed by atoms with Gasteiger partial charge in [-0.05, 0) is 61.4 Å². The Balaban J connectivity index is 1.47. The zero-order valence-electron chi connectivity index (χ0n) is 25.8. The number of carbonyl (C=O) groups excluding carboxylic acids is 2. The van der Waals surface area contributed by atoms with Crippen molar-refractivity contribution in [3.8, 4) is 16.9 Å². The largest absolute Gasteiger partial charge is 0.469 e. The van der Waals surface area contributed by atoms with Crippen LogP contribution in [0.25, 0.3) is 16.9 Å². The van der Waals surface area contributed by atoms with Crippen LogP contribution in [0.2, 0.25) is 5.02 Å². The number of hydrogen-bond donors (Lipinski definition) is 1. The molecular weight excluding hydrogens is 637 g/mol. The Labute approximate surface area is 273 Å². The molecule has 0 unspecified atom stereocenters. The number of rotatable bonds is 7. The molecule has 0 saturated carbocycles. The maximum absolute atomic E-state index is 13.7. The summed E-state index contributed by atoms with van der Waals surface area (Å²) in [6.07, 6.45) is 1.29. The average Bonchev–Trinajstić information content (AvgIpc) is 3.54. The van der Waals surface area contributed by atoms with E-state index in [0.29, 0.717) is 49.1 Å². The summed E-state index contributed by atoms with van der Waals surface area (Å²) in [4.78, 5) is 43.0. The quantitative estimate of drug-likeness (QED) is 0.242. The van der Waals surface area contributed by atoms with E-state index in [2.05, 4.69) is 20.6 Å². The lowest BCUT2D eigenvalue weighted by atomic mass is 9.92. The van der Waals surface area contributed by atoms with Gasteiger partial charge in [0.15, 0.2) is 5.69 Å². The third kappa shape index (κ3) is 8.26. The number of amides is 1. The molecule has 1 amide bonds. The summed E-state index contributed by atoms with van der Waals surface area (Å²) in [6, 6.07) is 13.1. The standard InChI is InChI=1S/C33H34ClF3N6O4/c1-20-6-3-10-27(22-8-4-7-21(14-22)15-24(39-32(20)46)9-5-11-31(45)47-2)42-19-38-26(17-30(42)44)25-16-23(34)12-13-28(25)43-18-29(40-41-43)33(35,36)37/h4,7-8,12-14,16-20,24,27H,3,5-6,9-11,15H2,1-2H3,(H,39,46)/t20-,24-,27+/m1/s1. The molecule has 0 spiro atoms. The van der Waals surface area contributed by atoms with E-state index in [9.17, 15) is 27.6 Å². The predicted octanol–water partition coefficient (Wildman–Crippen LogP) is 5.94. The first kappa shape index (κ1) is 33.8. The molecule has 0 radical (unpaired) electrons. The van der Waals surface area contributed by atoms with E-state index in [1.807, 2.05) is 31.2 Å². The van der Waals surface area contributed by atoms with Crippen LogP contribution in [0, 0.1) is 5.92 Å². The second kappa shape index (κ2) is 14.5. The number of esters is 1. The van der Waals surface area contributed by atoms with Gasteiger partial charge in [-0.1, -0.05) is 54.4 Å². The van der Waals surface area contributed by atoms with Crippen LogP contribution in [0.1, 0.15) is 68.3 Å². The molecule has 10 nitrogen and oxygen atoms in total. The molecule has 1 aliphatic heterocycles. The number of nitrogens with zero attached hydrogens (tertiary/aromatic N) is 5. The highest BCUT2D eigenvalue weighted by molar-refractivity contribution is 6.31. The van der Waals surface area contributed by atoms with Gasteiger partial charge in [0.25, 0.3) is 5.56 Å². The maximum Gasteiger partial charge on any atom is 0.436 e. The first-order valence-corrected chi connectivity index (χ1v) is 15.6. The van der Waals surface area contributed by atoms with E-state index in [1.54, 1.807) is 0 Å². The molecule has 3 atom stereocenters. The molecular formula is C33H34ClF3N6O4. The molecule has 0 saturated heterocycles. The molecule has 5 rings (SSSR count). The van der Waals surface area contributed by atoms with Crippen LogP contribution in [-0.2, 0) is 26.9 Å². The Morgan fingerprint density at radius 2 is 1.94 bits per heavy atom. The number of alkyl halides is 3. The van der Waals surface area contributed by atoms with Crippen LogP contribution < -0.4 is 10.9 Å². The number of ether oxygens (including phenoxy) is 1. The topological polar surface area (TPSA) is 121 Å². The number of methoxy groups -OCH3 is 1. The molecule has 2 aromatic heterocycles. The maximum atomic E-state index is 13.7. The Bertz CT molecular complexity index is 1810. The highest BCUT2D eigenvalue weighted by Gasteiger charge is 2.35. The Morgan fingerprint density at radius 3 is 2.66 bits per heavy atom. The summed E-state index contributed by atoms with van der Waals surface area (Å²) in [5.74, 6) is -0.616. The van der Waals surface area contributed by atoms with Gasteiger partial charge in [0.2, 0.25) is 5.91 Å². The van der Waals surface area contributed by atoms with Crippen molar-refractivity contribution in [3.05, 3.63) is 93.3 Å². The minimum Gasteiger partial charge on any atom is -0.469 e. The zero-order chi connectivity index (χ0) is 33.7. The van der Waals surface area contributed by atoms with Crippen molar-refractivity contribution < 1.29 is 27.5 Å². The summed E-state index contributed by atoms with van der Waals surface area (Å²) in [6.45, 7) is 1.87. The molecule has 2 aromatic carbocycles. The zero-order valence-corrected chi connectivity index (χ0v) is 26.6. The van der Waals surface area contributed by atoms with Gasteiger partial charge >= 0.3 is 12.1 Å². The number of halogens is 4. The normalized spacial score (nSPS) is 18.9. The van der Waals surface area contributed by atoms with Crippen LogP contribution in [-0.4, -0.2) is 49.6 Å². The molecule has 0 aliphatic carbocycles. The van der Waals surface area contributed by atoms with Crippen LogP contribution in [0.3, 0.4) is 0 Å². The van der Waals surface area contributed by atoms with Gasteiger partial charge in [-0.2, -0.15) is 13.2 Å². The fourth-order valence-electron chi connectivity index (χ4n) is 5.81. The molecule has 248 valence electrons. The van der Waals surface area contributed by atoms with Gasteiger partial charge in [0.05, 0.1) is 37.1 Å². The van der Waals surface area contributed by atoms with E-state index in [0.717, 1.165) is 22.0 Å². The van der Waals surface area contributed by atoms with Crippen LogP contribution >= 0.6 is 11.6 Å². The van der Waals surface area contributed by atoms with Crippen molar-refractivity contribution in [2.24, 2.45) is 5.92 Å². The van der Waals surface area contributed by atoms with E-state index in [-0.39, 0.29) is 53.2 Å². The van der Waals surface area contributed by atoms with Crippen molar-refractivity contribution >= 4 is 23.5 Å². The first-order valence-electron chi connectivity index (χ1n) is 15.3. The summed E-state index contributed by atoms with van der Waals surface area (Å²) in [5.41, 5.74) is 1.06. The van der Waals surface area contributed by atoms with Crippen molar-refractivity contribution in [3.63, 3.8) is 0 Å². The number of fused-ring (bicyclic) bond motifs is 2. The van der Waals surface area contributed by atoms with Gasteiger partial charge in [0.1, 0.15) is 0 Å². The predicted molar refractivity (Wildman–Crippen MR) is 168 cm³/mol. The van der Waals surface area contributed by atoms with Crippen molar-refractivity contribution in [1.29, 1.82) is 0 Å². The molecule has 0 fully saturated rings. The summed E-state index contributed by atoms with van der Waals surface area (Å²) >= 11 is 6.25. The van der Waals surface area contributed by atoms with Gasteiger partial charge < -0.3 is 10.1 Å². The monoisotopic (exact) mass is 670 g/mol. The second-order valence-electron chi connectivity index (χ2n) is 11.7. The minimum atomic E-state index is -4.68. The number of carbonyl (C=O) groups is 2. The SMILES string of the molecule is COC(=O)CCC[C@@H]1Cc2cccc(c2)[C@@H](n2cnc(-c3cc(Cl)ccc3-n3cc(C(F)(F)F)nn3)cc2=O)CCC[C@@H](C)C(=O)N1. The summed E-state index contributed by atoms with van der Waals surface area (Å²) in [5, 5.41) is 10.3. The van der Waals surface area contributed by atoms with Crippen molar-refractivity contribution in [2.75, 3.05) is 7.11 Å². The van der Waals surface area contributed by atoms with E-state index in [4.69, 9.17) is 16.3 Å². The average molecular weight is 671 g/mol. The lowest BCUT2D eigenvalue weighted by Gasteiger charge is -2.25. The number of benzene rings is 2. The highest BCUT2D eigenvalue weighted by atomic mass is 35.5. The van der Waals surface area contributed by atoms with Crippen molar-refractivity contribution in [2.45, 2.75) is 70.1 Å². The Morgan fingerprint density at radius 1 is 1.13 bits per heavy atom. The fraction of sp³-hybridized carbons (Fsp3) is 0.394. The van der Waals surface area contributed by atoms with E-state index < -0.39 is 11.9 Å². The number of aromatic nitrogens is 5. The summed E-state index contributed by atoms with van der Waals surface area (Å²) in [7, 11) is 1.35.